The van der Waals surface area contributed by atoms with Gasteiger partial charge in [-0.2, -0.15) is 0 Å². The number of nitrogens with zero attached hydrogens (tertiary/aromatic N) is 2. The minimum atomic E-state index is 0.846. The molecule has 1 saturated carbocycles. The van der Waals surface area contributed by atoms with E-state index in [0.717, 1.165) is 36.0 Å². The number of halogens is 1. The van der Waals surface area contributed by atoms with Crippen molar-refractivity contribution in [3.05, 3.63) is 22.8 Å². The average molecular weight is 284 g/mol. The minimum Gasteiger partial charge on any atom is -0.368 e. The van der Waals surface area contributed by atoms with E-state index < -0.39 is 0 Å². The summed E-state index contributed by atoms with van der Waals surface area (Å²) in [4.78, 5) is 6.82. The molecule has 16 heavy (non-hydrogen) atoms. The van der Waals surface area contributed by atoms with Gasteiger partial charge >= 0.3 is 0 Å². The molecule has 0 aliphatic heterocycles. The zero-order valence-corrected chi connectivity index (χ0v) is 11.2. The van der Waals surface area contributed by atoms with Crippen LogP contribution >= 0.6 is 15.9 Å². The van der Waals surface area contributed by atoms with Crippen LogP contribution in [0.15, 0.2) is 22.8 Å². The molecular weight excluding hydrogens is 266 g/mol. The van der Waals surface area contributed by atoms with Crippen LogP contribution in [0.1, 0.15) is 19.8 Å². The number of hydrogen-bond acceptors (Lipinski definition) is 3. The van der Waals surface area contributed by atoms with Crippen molar-refractivity contribution in [3.8, 4) is 0 Å². The van der Waals surface area contributed by atoms with Gasteiger partial charge in [-0.1, -0.05) is 6.92 Å². The van der Waals surface area contributed by atoms with Crippen LogP contribution in [0.2, 0.25) is 0 Å². The van der Waals surface area contributed by atoms with Crippen molar-refractivity contribution in [2.45, 2.75) is 25.8 Å². The SMILES string of the molecule is CCN(CCNc1ncccc1Br)C1CC1. The molecule has 0 spiro atoms. The molecule has 0 unspecified atom stereocenters. The molecule has 1 aliphatic carbocycles. The van der Waals surface area contributed by atoms with Gasteiger partial charge in [-0.05, 0) is 47.4 Å². The monoisotopic (exact) mass is 283 g/mol. The molecule has 1 heterocycles. The summed E-state index contributed by atoms with van der Waals surface area (Å²) in [6.45, 7) is 5.44. The molecule has 1 fully saturated rings. The maximum Gasteiger partial charge on any atom is 0.140 e. The summed E-state index contributed by atoms with van der Waals surface area (Å²) >= 11 is 3.48. The standard InChI is InChI=1S/C12H18BrN3/c1-2-16(10-5-6-10)9-8-15-12-11(13)4-3-7-14-12/h3-4,7,10H,2,5-6,8-9H2,1H3,(H,14,15). The van der Waals surface area contributed by atoms with E-state index in [2.05, 4.69) is 38.1 Å². The van der Waals surface area contributed by atoms with E-state index in [9.17, 15) is 0 Å². The van der Waals surface area contributed by atoms with E-state index >= 15 is 0 Å². The van der Waals surface area contributed by atoms with Crippen LogP contribution in [0.4, 0.5) is 5.82 Å². The maximum absolute atomic E-state index is 4.28. The van der Waals surface area contributed by atoms with Crippen molar-refractivity contribution in [2.24, 2.45) is 0 Å². The van der Waals surface area contributed by atoms with Crippen LogP contribution in [0.5, 0.6) is 0 Å². The van der Waals surface area contributed by atoms with Crippen molar-refractivity contribution in [1.29, 1.82) is 0 Å². The highest BCUT2D eigenvalue weighted by Gasteiger charge is 2.27. The Morgan fingerprint density at radius 3 is 3.00 bits per heavy atom. The lowest BCUT2D eigenvalue weighted by atomic mass is 10.4. The largest absolute Gasteiger partial charge is 0.368 e. The molecule has 0 saturated heterocycles. The Balaban J connectivity index is 1.77. The Kier molecular flexibility index (Phi) is 4.18. The molecule has 1 aliphatic rings. The highest BCUT2D eigenvalue weighted by molar-refractivity contribution is 9.10. The number of rotatable bonds is 6. The number of pyridine rings is 1. The van der Waals surface area contributed by atoms with Gasteiger partial charge in [-0.25, -0.2) is 4.98 Å². The number of nitrogens with one attached hydrogen (secondary N) is 1. The highest BCUT2D eigenvalue weighted by Crippen LogP contribution is 2.26. The Morgan fingerprint density at radius 1 is 1.56 bits per heavy atom. The Hall–Kier alpha value is -0.610. The second kappa shape index (κ2) is 5.64. The lowest BCUT2D eigenvalue weighted by Crippen LogP contribution is -2.31. The van der Waals surface area contributed by atoms with Crippen molar-refractivity contribution < 1.29 is 0 Å². The third kappa shape index (κ3) is 3.19. The highest BCUT2D eigenvalue weighted by atomic mass is 79.9. The number of hydrogen-bond donors (Lipinski definition) is 1. The van der Waals surface area contributed by atoms with E-state index in [0.29, 0.717) is 0 Å². The lowest BCUT2D eigenvalue weighted by molar-refractivity contribution is 0.289. The molecule has 3 nitrogen and oxygen atoms in total. The summed E-state index contributed by atoms with van der Waals surface area (Å²) in [6.07, 6.45) is 4.56. The molecule has 0 amide bonds. The van der Waals surface area contributed by atoms with Crippen molar-refractivity contribution in [3.63, 3.8) is 0 Å². The van der Waals surface area contributed by atoms with Gasteiger partial charge in [0.1, 0.15) is 5.82 Å². The van der Waals surface area contributed by atoms with Crippen molar-refractivity contribution >= 4 is 21.7 Å². The number of likely N-dealkylation sites (N-methyl/N-ethyl adjacent to an activating group) is 1. The molecule has 4 heteroatoms. The first-order chi connectivity index (χ1) is 7.81. The van der Waals surface area contributed by atoms with Crippen LogP contribution < -0.4 is 5.32 Å². The number of aromatic nitrogens is 1. The molecule has 0 radical (unpaired) electrons. The van der Waals surface area contributed by atoms with Crippen LogP contribution in [0.3, 0.4) is 0 Å². The van der Waals surface area contributed by atoms with Crippen molar-refractivity contribution in [1.82, 2.24) is 9.88 Å². The molecule has 0 atom stereocenters. The summed E-state index contributed by atoms with van der Waals surface area (Å²) in [5.74, 6) is 0.939. The van der Waals surface area contributed by atoms with Crippen LogP contribution in [0.25, 0.3) is 0 Å². The second-order valence-corrected chi connectivity index (χ2v) is 4.97. The molecule has 1 aromatic heterocycles. The predicted octanol–water partition coefficient (Wildman–Crippen LogP) is 2.74. The first-order valence-corrected chi connectivity index (χ1v) is 6.69. The fourth-order valence-electron chi connectivity index (χ4n) is 1.87. The Bertz CT molecular complexity index is 339. The van der Waals surface area contributed by atoms with Gasteiger partial charge in [0.05, 0.1) is 4.47 Å². The van der Waals surface area contributed by atoms with Crippen LogP contribution in [-0.2, 0) is 0 Å². The quantitative estimate of drug-likeness (QED) is 0.870. The van der Waals surface area contributed by atoms with E-state index in [1.54, 1.807) is 0 Å². The van der Waals surface area contributed by atoms with E-state index in [1.807, 2.05) is 18.3 Å². The summed E-state index contributed by atoms with van der Waals surface area (Å²) in [5.41, 5.74) is 0. The maximum atomic E-state index is 4.28. The van der Waals surface area contributed by atoms with Gasteiger partial charge in [0.2, 0.25) is 0 Å². The second-order valence-electron chi connectivity index (χ2n) is 4.12. The van der Waals surface area contributed by atoms with Gasteiger partial charge in [0.25, 0.3) is 0 Å². The van der Waals surface area contributed by atoms with Crippen LogP contribution in [-0.4, -0.2) is 35.6 Å². The zero-order chi connectivity index (χ0) is 11.4. The Labute approximate surface area is 105 Å². The molecular formula is C12H18BrN3. The van der Waals surface area contributed by atoms with Gasteiger partial charge in [-0.15, -0.1) is 0 Å². The first kappa shape index (κ1) is 11.9. The minimum absolute atomic E-state index is 0.846. The molecule has 1 aromatic rings. The van der Waals surface area contributed by atoms with E-state index in [4.69, 9.17) is 0 Å². The van der Waals surface area contributed by atoms with Gasteiger partial charge in [0.15, 0.2) is 0 Å². The van der Waals surface area contributed by atoms with Crippen LogP contribution in [0, 0.1) is 0 Å². The summed E-state index contributed by atoms with van der Waals surface area (Å²) in [6, 6.07) is 4.78. The van der Waals surface area contributed by atoms with Gasteiger partial charge in [-0.3, -0.25) is 4.90 Å². The molecule has 0 bridgehead atoms. The van der Waals surface area contributed by atoms with Gasteiger partial charge in [0, 0.05) is 25.3 Å². The Morgan fingerprint density at radius 2 is 2.38 bits per heavy atom. The third-order valence-electron chi connectivity index (χ3n) is 2.92. The number of anilines is 1. The normalized spacial score (nSPS) is 15.4. The van der Waals surface area contributed by atoms with Crippen molar-refractivity contribution in [2.75, 3.05) is 25.0 Å². The average Bonchev–Trinajstić information content (AvgIpc) is 3.11. The summed E-state index contributed by atoms with van der Waals surface area (Å²) in [5, 5.41) is 3.36. The third-order valence-corrected chi connectivity index (χ3v) is 3.56. The molecule has 2 rings (SSSR count). The van der Waals surface area contributed by atoms with E-state index in [1.165, 1.54) is 12.8 Å². The smallest absolute Gasteiger partial charge is 0.140 e. The molecule has 1 N–H and O–H groups in total. The van der Waals surface area contributed by atoms with E-state index in [-0.39, 0.29) is 0 Å². The lowest BCUT2D eigenvalue weighted by Gasteiger charge is -2.20. The first-order valence-electron chi connectivity index (χ1n) is 5.89. The van der Waals surface area contributed by atoms with Gasteiger partial charge < -0.3 is 5.32 Å². The fourth-order valence-corrected chi connectivity index (χ4v) is 2.27. The fraction of sp³-hybridized carbons (Fsp3) is 0.583. The summed E-state index contributed by atoms with van der Waals surface area (Å²) in [7, 11) is 0. The molecule has 88 valence electrons. The zero-order valence-electron chi connectivity index (χ0n) is 9.62. The predicted molar refractivity (Wildman–Crippen MR) is 70.7 cm³/mol. The molecule has 0 aromatic carbocycles. The summed E-state index contributed by atoms with van der Waals surface area (Å²) < 4.78 is 1.03. The topological polar surface area (TPSA) is 28.2 Å².